The van der Waals surface area contributed by atoms with Gasteiger partial charge < -0.3 is 29.0 Å². The van der Waals surface area contributed by atoms with E-state index in [9.17, 15) is 19.8 Å². The number of carbonyl (C=O) groups is 2. The van der Waals surface area contributed by atoms with Gasteiger partial charge >= 0.3 is 5.97 Å². The molecule has 3 heterocycles. The summed E-state index contributed by atoms with van der Waals surface area (Å²) < 4.78 is 12.7. The summed E-state index contributed by atoms with van der Waals surface area (Å²) in [6.45, 7) is 3.10. The lowest BCUT2D eigenvalue weighted by molar-refractivity contribution is -0.954. The molecule has 5 rings (SSSR count). The summed E-state index contributed by atoms with van der Waals surface area (Å²) in [4.78, 5) is 22.7. The number of likely N-dealkylation sites (N-methyl/N-ethyl adjacent to an activating group) is 1. The zero-order valence-electron chi connectivity index (χ0n) is 19.0. The molecule has 2 aromatic carbocycles. The second-order valence-electron chi connectivity index (χ2n) is 9.19. The Hall–Kier alpha value is -2.74. The topological polar surface area (TPSA) is 99.2 Å². The maximum atomic E-state index is 12.6. The number of rotatable bonds is 6. The van der Waals surface area contributed by atoms with Gasteiger partial charge in [-0.1, -0.05) is 60.7 Å². The predicted octanol–water partition coefficient (Wildman–Crippen LogP) is 1.50. The van der Waals surface area contributed by atoms with Crippen LogP contribution in [-0.4, -0.2) is 72.1 Å². The quantitative estimate of drug-likeness (QED) is 0.404. The highest BCUT2D eigenvalue weighted by Gasteiger charge is 2.71. The Kier molecular flexibility index (Phi) is 6.83. The number of quaternary nitrogens is 1. The Labute approximate surface area is 194 Å². The number of hydrogen-bond acceptors (Lipinski definition) is 6. The number of esters is 1. The van der Waals surface area contributed by atoms with Crippen molar-refractivity contribution in [2.24, 2.45) is 0 Å². The van der Waals surface area contributed by atoms with Crippen molar-refractivity contribution in [1.29, 1.82) is 0 Å². The van der Waals surface area contributed by atoms with Crippen LogP contribution in [0.15, 0.2) is 60.7 Å². The van der Waals surface area contributed by atoms with Crippen molar-refractivity contribution in [2.45, 2.75) is 56.1 Å². The molecule has 0 saturated carbocycles. The number of piperidine rings is 1. The summed E-state index contributed by atoms with van der Waals surface area (Å²) >= 11 is 0. The summed E-state index contributed by atoms with van der Waals surface area (Å²) in [6, 6.07) is 18.3. The van der Waals surface area contributed by atoms with E-state index >= 15 is 0 Å². The number of carbonyl (C=O) groups excluding carboxylic acids is 2. The van der Waals surface area contributed by atoms with E-state index in [2.05, 4.69) is 14.0 Å². The molecule has 2 aromatic rings. The van der Waals surface area contributed by atoms with E-state index in [-0.39, 0.29) is 24.2 Å². The van der Waals surface area contributed by atoms with Crippen molar-refractivity contribution in [1.82, 2.24) is 0 Å². The number of morpholine rings is 1. The molecule has 0 radical (unpaired) electrons. The van der Waals surface area contributed by atoms with Crippen LogP contribution in [0, 0.1) is 0 Å². The SMILES string of the molecule is CC[N+]1(C)[C@H]2CC(OC(=O)C(CO)c3ccccc3)C[C@H]1[C@H]1O[C@H]12.O=C([O-])c1ccccc1. The third-order valence-corrected chi connectivity index (χ3v) is 7.49. The molecule has 3 saturated heterocycles. The largest absolute Gasteiger partial charge is 0.545 e. The standard InChI is InChI=1S/C19H26NO4.C7H6O2/c1-3-20(2)15-9-13(10-16(20)18-17(15)24-18)23-19(22)14(11-21)12-7-5-4-6-8-12;8-7(9)6-4-2-1-3-5-6/h4-8,13-18,21H,3,9-11H2,1-2H3;1-5H,(H,8,9)/q+1;/p-1/t13?,14?,15-,16-,17-,18+,20?;/m0./s1. The average Bonchev–Trinajstić information content (AvgIpc) is 3.60. The van der Waals surface area contributed by atoms with Gasteiger partial charge in [-0.25, -0.2) is 0 Å². The van der Waals surface area contributed by atoms with E-state index in [1.807, 2.05) is 30.3 Å². The van der Waals surface area contributed by atoms with Gasteiger partial charge in [-0.15, -0.1) is 0 Å². The van der Waals surface area contributed by atoms with E-state index in [1.165, 1.54) is 12.1 Å². The fraction of sp³-hybridized carbons (Fsp3) is 0.462. The molecule has 2 bridgehead atoms. The van der Waals surface area contributed by atoms with Crippen LogP contribution in [-0.2, 0) is 14.3 Å². The first kappa shape index (κ1) is 23.4. The second kappa shape index (κ2) is 9.63. The van der Waals surface area contributed by atoms with Gasteiger partial charge in [-0.2, -0.15) is 0 Å². The van der Waals surface area contributed by atoms with E-state index in [0.29, 0.717) is 24.3 Å². The molecule has 3 unspecified atom stereocenters. The molecule has 3 aliphatic heterocycles. The molecule has 0 aliphatic carbocycles. The van der Waals surface area contributed by atoms with Gasteiger partial charge in [0, 0.05) is 12.8 Å². The second-order valence-corrected chi connectivity index (χ2v) is 9.19. The number of benzene rings is 2. The van der Waals surface area contributed by atoms with Crippen molar-refractivity contribution in [3.05, 3.63) is 71.8 Å². The highest BCUT2D eigenvalue weighted by Crippen LogP contribution is 2.52. The molecule has 176 valence electrons. The van der Waals surface area contributed by atoms with Crippen molar-refractivity contribution in [3.8, 4) is 0 Å². The number of ether oxygens (including phenoxy) is 2. The smallest absolute Gasteiger partial charge is 0.316 e. The zero-order chi connectivity index (χ0) is 23.6. The van der Waals surface area contributed by atoms with Crippen LogP contribution in [0.5, 0.6) is 0 Å². The number of epoxide rings is 1. The Morgan fingerprint density at radius 1 is 1.06 bits per heavy atom. The fourth-order valence-electron chi connectivity index (χ4n) is 5.44. The number of carboxylic acids is 1. The van der Waals surface area contributed by atoms with Gasteiger partial charge in [0.15, 0.2) is 0 Å². The third-order valence-electron chi connectivity index (χ3n) is 7.49. The molecule has 7 nitrogen and oxygen atoms in total. The molecule has 3 aliphatic rings. The molecule has 7 heteroatoms. The Balaban J connectivity index is 0.000000243. The molecule has 33 heavy (non-hydrogen) atoms. The number of aromatic carboxylic acids is 1. The summed E-state index contributed by atoms with van der Waals surface area (Å²) in [5.74, 6) is -2.03. The molecular formula is C26H31NO6. The van der Waals surface area contributed by atoms with E-state index in [4.69, 9.17) is 9.47 Å². The predicted molar refractivity (Wildman–Crippen MR) is 119 cm³/mol. The zero-order valence-corrected chi connectivity index (χ0v) is 19.0. The summed E-state index contributed by atoms with van der Waals surface area (Å²) in [6.07, 6.45) is 2.37. The highest BCUT2D eigenvalue weighted by molar-refractivity contribution is 5.85. The normalized spacial score (nSPS) is 32.0. The first-order valence-electron chi connectivity index (χ1n) is 11.5. The number of nitrogens with zero attached hydrogens (tertiary/aromatic N) is 1. The minimum atomic E-state index is -1.13. The lowest BCUT2D eigenvalue weighted by Gasteiger charge is -2.47. The monoisotopic (exact) mass is 453 g/mol. The van der Waals surface area contributed by atoms with Crippen LogP contribution in [0.2, 0.25) is 0 Å². The third kappa shape index (κ3) is 4.67. The number of carboxylic acid groups (broad SMARTS) is 1. The highest BCUT2D eigenvalue weighted by atomic mass is 16.6. The number of fused-ring (bicyclic) bond motifs is 5. The maximum Gasteiger partial charge on any atom is 0.316 e. The van der Waals surface area contributed by atoms with Crippen LogP contribution in [0.3, 0.4) is 0 Å². The molecule has 0 aromatic heterocycles. The number of hydrogen-bond donors (Lipinski definition) is 1. The van der Waals surface area contributed by atoms with Gasteiger partial charge in [-0.3, -0.25) is 4.79 Å². The first-order chi connectivity index (χ1) is 15.9. The molecular weight excluding hydrogens is 422 g/mol. The molecule has 3 fully saturated rings. The molecule has 1 N–H and O–H groups in total. The van der Waals surface area contributed by atoms with Crippen LogP contribution in [0.25, 0.3) is 0 Å². The lowest BCUT2D eigenvalue weighted by atomic mass is 9.95. The van der Waals surface area contributed by atoms with Crippen LogP contribution in [0.1, 0.15) is 41.6 Å². The Morgan fingerprint density at radius 3 is 2.06 bits per heavy atom. The van der Waals surface area contributed by atoms with Crippen LogP contribution >= 0.6 is 0 Å². The minimum Gasteiger partial charge on any atom is -0.545 e. The van der Waals surface area contributed by atoms with Crippen LogP contribution in [0.4, 0.5) is 0 Å². The molecule has 0 amide bonds. The number of aliphatic hydroxyl groups is 1. The van der Waals surface area contributed by atoms with Crippen molar-refractivity contribution >= 4 is 11.9 Å². The molecule has 0 spiro atoms. The fourth-order valence-corrected chi connectivity index (χ4v) is 5.44. The van der Waals surface area contributed by atoms with Gasteiger partial charge in [0.25, 0.3) is 0 Å². The van der Waals surface area contributed by atoms with Gasteiger partial charge in [-0.05, 0) is 18.1 Å². The Morgan fingerprint density at radius 2 is 1.61 bits per heavy atom. The summed E-state index contributed by atoms with van der Waals surface area (Å²) in [7, 11) is 2.31. The molecule has 7 atom stereocenters. The summed E-state index contributed by atoms with van der Waals surface area (Å²) in [5.41, 5.74) is 1.03. The van der Waals surface area contributed by atoms with E-state index in [0.717, 1.165) is 29.4 Å². The van der Waals surface area contributed by atoms with Crippen molar-refractivity contribution < 1.29 is 33.8 Å². The van der Waals surface area contributed by atoms with Gasteiger partial charge in [0.05, 0.1) is 26.2 Å². The lowest BCUT2D eigenvalue weighted by Crippen LogP contribution is -2.62. The maximum absolute atomic E-state index is 12.6. The van der Waals surface area contributed by atoms with Crippen LogP contribution < -0.4 is 5.11 Å². The van der Waals surface area contributed by atoms with Crippen molar-refractivity contribution in [2.75, 3.05) is 20.2 Å². The first-order valence-corrected chi connectivity index (χ1v) is 11.5. The number of aliphatic hydroxyl groups excluding tert-OH is 1. The van der Waals surface area contributed by atoms with Crippen molar-refractivity contribution in [3.63, 3.8) is 0 Å². The van der Waals surface area contributed by atoms with Gasteiger partial charge in [0.1, 0.15) is 36.3 Å². The summed E-state index contributed by atoms with van der Waals surface area (Å²) in [5, 5.41) is 19.7. The minimum absolute atomic E-state index is 0.0561. The van der Waals surface area contributed by atoms with Gasteiger partial charge in [0.2, 0.25) is 0 Å². The van der Waals surface area contributed by atoms with E-state index in [1.54, 1.807) is 18.2 Å². The Bertz CT molecular complexity index is 947. The average molecular weight is 454 g/mol. The van der Waals surface area contributed by atoms with E-state index < -0.39 is 11.9 Å².